The van der Waals surface area contributed by atoms with Gasteiger partial charge in [-0.3, -0.25) is 18.6 Å². The van der Waals surface area contributed by atoms with E-state index in [1.54, 1.807) is 30.4 Å². The van der Waals surface area contributed by atoms with Gasteiger partial charge < -0.3 is 34.3 Å². The summed E-state index contributed by atoms with van der Waals surface area (Å²) in [6.45, 7) is 6.37. The Bertz CT molecular complexity index is 2140. The maximum Gasteiger partial charge on any atom is 0.530 e. The minimum atomic E-state index is -4.23. The topological polar surface area (TPSA) is 159 Å². The summed E-state index contributed by atoms with van der Waals surface area (Å²) >= 11 is 0. The summed E-state index contributed by atoms with van der Waals surface area (Å²) < 4.78 is 51.3. The van der Waals surface area contributed by atoms with E-state index in [-0.39, 0.29) is 41.8 Å². The van der Waals surface area contributed by atoms with Gasteiger partial charge in [0.1, 0.15) is 12.4 Å². The molecule has 0 amide bonds. The SMILES string of the molecule is C[C@]12C=CC(=O)C=C1CC[C@@H]1[C@@H]2[C@@H](O)C[C@@]2(C)[C@H]1C[C@H]1O[C@@H](C3CCCCC3)O[C@]12C(=O)COP1(=O)OCc2cc(C(O)CNCCCCCCOCCCCc3ccccc3)ccc2O1. The molecule has 13 heteroatoms. The first-order valence-electron chi connectivity index (χ1n) is 25.1. The number of benzene rings is 2. The van der Waals surface area contributed by atoms with Crippen molar-refractivity contribution in [2.45, 2.75) is 153 Å². The summed E-state index contributed by atoms with van der Waals surface area (Å²) in [7, 11) is -4.23. The molecule has 9 rings (SSSR count). The average Bonchev–Trinajstić information content (AvgIpc) is 3.83. The predicted octanol–water partition coefficient (Wildman–Crippen LogP) is 9.46. The number of unbranched alkanes of at least 4 members (excludes halogenated alkanes) is 4. The Morgan fingerprint density at radius 2 is 1.77 bits per heavy atom. The number of carbonyl (C=O) groups is 2. The molecule has 5 fully saturated rings. The van der Waals surface area contributed by atoms with E-state index in [0.717, 1.165) is 109 Å². The van der Waals surface area contributed by atoms with Crippen LogP contribution in [-0.4, -0.2) is 78.8 Å². The molecule has 11 atom stereocenters. The summed E-state index contributed by atoms with van der Waals surface area (Å²) in [4.78, 5) is 27.4. The van der Waals surface area contributed by atoms with Crippen molar-refractivity contribution in [1.29, 1.82) is 0 Å². The Labute approximate surface area is 391 Å². The number of phosphoric acid groups is 1. The van der Waals surface area contributed by atoms with Gasteiger partial charge in [0.05, 0.1) is 24.9 Å². The van der Waals surface area contributed by atoms with Gasteiger partial charge in [0.2, 0.25) is 0 Å². The van der Waals surface area contributed by atoms with Crippen molar-refractivity contribution in [3.63, 3.8) is 0 Å². The van der Waals surface area contributed by atoms with Gasteiger partial charge in [-0.25, -0.2) is 4.57 Å². The number of rotatable bonds is 20. The fourth-order valence-electron chi connectivity index (χ4n) is 13.3. The number of aliphatic hydroxyl groups excluding tert-OH is 2. The third kappa shape index (κ3) is 9.62. The Kier molecular flexibility index (Phi) is 14.9. The number of allylic oxidation sites excluding steroid dienone is 4. The first kappa shape index (κ1) is 48.0. The van der Waals surface area contributed by atoms with Crippen molar-refractivity contribution >= 4 is 19.4 Å². The largest absolute Gasteiger partial charge is 0.530 e. The number of aliphatic hydroxyl groups is 2. The maximum absolute atomic E-state index is 15.0. The minimum Gasteiger partial charge on any atom is -0.404 e. The van der Waals surface area contributed by atoms with Gasteiger partial charge in [-0.15, -0.1) is 0 Å². The van der Waals surface area contributed by atoms with Crippen molar-refractivity contribution in [3.05, 3.63) is 89.0 Å². The summed E-state index contributed by atoms with van der Waals surface area (Å²) in [6.07, 6.45) is 18.1. The second kappa shape index (κ2) is 20.5. The molecule has 0 spiro atoms. The van der Waals surface area contributed by atoms with E-state index in [1.807, 2.05) is 6.08 Å². The number of aryl methyl sites for hydroxylation is 1. The molecule has 1 saturated heterocycles. The van der Waals surface area contributed by atoms with E-state index in [9.17, 15) is 19.6 Å². The van der Waals surface area contributed by atoms with Crippen molar-refractivity contribution < 1.29 is 52.1 Å². The number of Topliss-reactive ketones (excluding diaryl/α,β-unsaturated/α-hetero) is 1. The zero-order valence-electron chi connectivity index (χ0n) is 39.0. The smallest absolute Gasteiger partial charge is 0.404 e. The van der Waals surface area contributed by atoms with Crippen LogP contribution in [0.15, 0.2) is 72.3 Å². The van der Waals surface area contributed by atoms with Crippen LogP contribution >= 0.6 is 7.82 Å². The van der Waals surface area contributed by atoms with Crippen molar-refractivity contribution in [1.82, 2.24) is 5.32 Å². The van der Waals surface area contributed by atoms with Gasteiger partial charge >= 0.3 is 7.82 Å². The van der Waals surface area contributed by atoms with E-state index in [2.05, 4.69) is 49.5 Å². The lowest BCUT2D eigenvalue weighted by Crippen LogP contribution is -2.63. The van der Waals surface area contributed by atoms with Crippen molar-refractivity contribution in [2.75, 3.05) is 32.9 Å². The second-order valence-electron chi connectivity index (χ2n) is 20.8. The van der Waals surface area contributed by atoms with Crippen LogP contribution in [-0.2, 0) is 50.4 Å². The summed E-state index contributed by atoms with van der Waals surface area (Å²) in [5.41, 5.74) is 1.08. The molecular formula is C53H72NO11P. The molecule has 2 aromatic rings. The number of nitrogens with one attached hydrogen (secondary N) is 1. The highest BCUT2D eigenvalue weighted by atomic mass is 31.2. The highest BCUT2D eigenvalue weighted by Gasteiger charge is 2.76. The third-order valence-corrected chi connectivity index (χ3v) is 18.0. The molecular weight excluding hydrogens is 858 g/mol. The normalized spacial score (nSPS) is 35.2. The van der Waals surface area contributed by atoms with Crippen LogP contribution in [0.25, 0.3) is 0 Å². The van der Waals surface area contributed by atoms with Crippen LogP contribution in [0, 0.1) is 34.5 Å². The molecule has 0 bridgehead atoms. The molecule has 2 heterocycles. The minimum absolute atomic E-state index is 0.00256. The zero-order valence-corrected chi connectivity index (χ0v) is 39.9. The standard InChI is InChI=1S/C53H72NO11P/c1-51-25-24-41(55)30-40(51)21-22-42-43-31-48-53(52(43,2)32-44(56)49(42)51,64-50(63-48)37-18-9-6-10-19-37)47(58)35-62-66(59)61-34-39-29-38(20-23-46(39)65-66)45(57)33-54-26-12-3-4-13-27-60-28-14-11-17-36-15-7-5-8-16-36/h5,7-8,15-16,20,23-25,29-30,37,42-45,48-50,54,56-57H,3-4,6,9-14,17-19,21-22,26-28,31-35H2,1-2H3/t42-,43-,44-,45?,48+,49+,50+,51-,52-,53+,66?/m0/s1. The number of fused-ring (bicyclic) bond motifs is 8. The van der Waals surface area contributed by atoms with Gasteiger partial charge in [-0.1, -0.05) is 94.0 Å². The molecule has 2 unspecified atom stereocenters. The number of ketones is 2. The first-order chi connectivity index (χ1) is 31.9. The molecule has 7 aliphatic rings. The zero-order chi connectivity index (χ0) is 45.9. The highest BCUT2D eigenvalue weighted by Crippen LogP contribution is 2.70. The van der Waals surface area contributed by atoms with Gasteiger partial charge in [0.25, 0.3) is 0 Å². The molecule has 0 radical (unpaired) electrons. The predicted molar refractivity (Wildman–Crippen MR) is 249 cm³/mol. The fourth-order valence-corrected chi connectivity index (χ4v) is 14.4. The van der Waals surface area contributed by atoms with Crippen LogP contribution in [0.4, 0.5) is 0 Å². The highest BCUT2D eigenvalue weighted by molar-refractivity contribution is 7.49. The van der Waals surface area contributed by atoms with E-state index in [1.165, 1.54) is 12.0 Å². The summed E-state index contributed by atoms with van der Waals surface area (Å²) in [6, 6.07) is 15.8. The molecule has 5 aliphatic carbocycles. The lowest BCUT2D eigenvalue weighted by molar-refractivity contribution is -0.209. The number of hydrogen-bond donors (Lipinski definition) is 3. The van der Waals surface area contributed by atoms with Crippen LogP contribution < -0.4 is 9.84 Å². The molecule has 3 N–H and O–H groups in total. The Balaban J connectivity index is 0.764. The molecule has 4 saturated carbocycles. The van der Waals surface area contributed by atoms with Gasteiger partial charge in [0.15, 0.2) is 23.5 Å². The fraction of sp³-hybridized carbons (Fsp3) is 0.660. The van der Waals surface area contributed by atoms with Gasteiger partial charge in [-0.05, 0) is 124 Å². The Morgan fingerprint density at radius 3 is 2.59 bits per heavy atom. The molecule has 2 aliphatic heterocycles. The van der Waals surface area contributed by atoms with Crippen LogP contribution in [0.5, 0.6) is 5.75 Å². The quantitative estimate of drug-likeness (QED) is 0.0855. The van der Waals surface area contributed by atoms with E-state index >= 15 is 4.79 Å². The second-order valence-corrected chi connectivity index (χ2v) is 22.4. The average molecular weight is 930 g/mol. The lowest BCUT2D eigenvalue weighted by Gasteiger charge is -2.59. The molecule has 12 nitrogen and oxygen atoms in total. The molecule has 0 aromatic heterocycles. The van der Waals surface area contributed by atoms with E-state index in [4.69, 9.17) is 27.8 Å². The third-order valence-electron chi connectivity index (χ3n) is 16.7. The molecule has 360 valence electrons. The maximum atomic E-state index is 15.0. The number of hydrogen-bond acceptors (Lipinski definition) is 12. The molecule has 2 aromatic carbocycles. The monoisotopic (exact) mass is 929 g/mol. The first-order valence-corrected chi connectivity index (χ1v) is 26.6. The number of phosphoric ester groups is 1. The van der Waals surface area contributed by atoms with Crippen LogP contribution in [0.3, 0.4) is 0 Å². The van der Waals surface area contributed by atoms with Crippen molar-refractivity contribution in [2.24, 2.45) is 34.5 Å². The lowest BCUT2D eigenvalue weighted by atomic mass is 9.46. The van der Waals surface area contributed by atoms with Gasteiger partial charge in [0, 0.05) is 48.0 Å². The summed E-state index contributed by atoms with van der Waals surface area (Å²) in [5.74, 6) is 0.0483. The van der Waals surface area contributed by atoms with Crippen LogP contribution in [0.2, 0.25) is 0 Å². The Morgan fingerprint density at radius 1 is 0.985 bits per heavy atom. The van der Waals surface area contributed by atoms with Crippen molar-refractivity contribution in [3.8, 4) is 5.75 Å². The Hall–Kier alpha value is -3.03. The van der Waals surface area contributed by atoms with Gasteiger partial charge in [-0.2, -0.15) is 0 Å². The number of ether oxygens (including phenoxy) is 3. The van der Waals surface area contributed by atoms with Crippen LogP contribution in [0.1, 0.15) is 133 Å². The summed E-state index contributed by atoms with van der Waals surface area (Å²) in [5, 5.41) is 26.6. The van der Waals surface area contributed by atoms with E-state index < -0.39 is 55.5 Å². The number of carbonyl (C=O) groups excluding carboxylic acids is 2. The van der Waals surface area contributed by atoms with E-state index in [0.29, 0.717) is 36.3 Å². The molecule has 66 heavy (non-hydrogen) atoms.